The van der Waals surface area contributed by atoms with E-state index in [1.54, 1.807) is 18.2 Å². The van der Waals surface area contributed by atoms with Gasteiger partial charge in [-0.25, -0.2) is 15.0 Å². The van der Waals surface area contributed by atoms with Crippen LogP contribution in [0.1, 0.15) is 40.3 Å². The molecule has 1 fully saturated rings. The van der Waals surface area contributed by atoms with Gasteiger partial charge < -0.3 is 20.1 Å². The number of fused-ring (bicyclic) bond motifs is 1. The number of carbonyl (C=O) groups is 1. The molecule has 0 atom stereocenters. The van der Waals surface area contributed by atoms with Crippen molar-refractivity contribution in [2.24, 2.45) is 5.92 Å². The van der Waals surface area contributed by atoms with Crippen LogP contribution >= 0.6 is 0 Å². The Morgan fingerprint density at radius 2 is 2.06 bits per heavy atom. The standard InChI is InChI=1S/C24H26N6O3/c1-30(14-16-6-8-33-9-7-16)15-19-4-5-20-21(29-19)13-27-22(23(20)31)24(32)28-12-17-2-3-18(10-25)26-11-17/h2-5,11,13,16,31H,6-9,12,14-15H2,1H3,(H,28,32). The minimum Gasteiger partial charge on any atom is -0.505 e. The summed E-state index contributed by atoms with van der Waals surface area (Å²) in [7, 11) is 2.08. The van der Waals surface area contributed by atoms with Crippen LogP contribution in [0.4, 0.5) is 0 Å². The van der Waals surface area contributed by atoms with Crippen LogP contribution in [0.2, 0.25) is 0 Å². The van der Waals surface area contributed by atoms with E-state index in [-0.39, 0.29) is 18.0 Å². The summed E-state index contributed by atoms with van der Waals surface area (Å²) < 4.78 is 5.43. The molecule has 3 aromatic rings. The Labute approximate surface area is 192 Å². The molecular weight excluding hydrogens is 420 g/mol. The fourth-order valence-electron chi connectivity index (χ4n) is 3.96. The second-order valence-corrected chi connectivity index (χ2v) is 8.29. The molecule has 0 aromatic carbocycles. The molecule has 1 amide bonds. The maximum Gasteiger partial charge on any atom is 0.274 e. The third-order valence-electron chi connectivity index (χ3n) is 5.73. The predicted octanol–water partition coefficient (Wildman–Crippen LogP) is 2.39. The number of aromatic hydroxyl groups is 1. The molecule has 2 N–H and O–H groups in total. The Bertz CT molecular complexity index is 1170. The first-order chi connectivity index (χ1) is 16.0. The molecule has 4 rings (SSSR count). The molecule has 1 saturated heterocycles. The van der Waals surface area contributed by atoms with Crippen molar-refractivity contribution in [3.63, 3.8) is 0 Å². The van der Waals surface area contributed by atoms with Gasteiger partial charge in [0.1, 0.15) is 11.8 Å². The van der Waals surface area contributed by atoms with E-state index >= 15 is 0 Å². The van der Waals surface area contributed by atoms with Crippen LogP contribution in [0.3, 0.4) is 0 Å². The first kappa shape index (κ1) is 22.6. The lowest BCUT2D eigenvalue weighted by atomic mass is 10.00. The largest absolute Gasteiger partial charge is 0.505 e. The predicted molar refractivity (Wildman–Crippen MR) is 121 cm³/mol. The lowest BCUT2D eigenvalue weighted by Crippen LogP contribution is -2.29. The second kappa shape index (κ2) is 10.3. The van der Waals surface area contributed by atoms with E-state index in [0.717, 1.165) is 43.9 Å². The highest BCUT2D eigenvalue weighted by Gasteiger charge is 2.18. The van der Waals surface area contributed by atoms with Gasteiger partial charge in [0.25, 0.3) is 5.91 Å². The number of carbonyl (C=O) groups excluding carboxylic acids is 1. The van der Waals surface area contributed by atoms with Crippen molar-refractivity contribution in [2.45, 2.75) is 25.9 Å². The van der Waals surface area contributed by atoms with Gasteiger partial charge in [-0.3, -0.25) is 4.79 Å². The molecule has 0 radical (unpaired) electrons. The lowest BCUT2D eigenvalue weighted by Gasteiger charge is -2.26. The summed E-state index contributed by atoms with van der Waals surface area (Å²) in [5, 5.41) is 22.6. The van der Waals surface area contributed by atoms with Crippen molar-refractivity contribution in [1.29, 1.82) is 5.26 Å². The Morgan fingerprint density at radius 1 is 1.24 bits per heavy atom. The maximum atomic E-state index is 12.6. The fraction of sp³-hybridized carbons (Fsp3) is 0.375. The van der Waals surface area contributed by atoms with Gasteiger partial charge >= 0.3 is 0 Å². The summed E-state index contributed by atoms with van der Waals surface area (Å²) in [6.45, 7) is 3.54. The van der Waals surface area contributed by atoms with Crippen molar-refractivity contribution in [3.8, 4) is 11.8 Å². The number of amides is 1. The molecule has 9 nitrogen and oxygen atoms in total. The van der Waals surface area contributed by atoms with Crippen molar-refractivity contribution in [2.75, 3.05) is 26.8 Å². The number of pyridine rings is 3. The number of aromatic nitrogens is 3. The van der Waals surface area contributed by atoms with E-state index in [2.05, 4.69) is 32.2 Å². The molecule has 9 heteroatoms. The number of rotatable bonds is 7. The minimum absolute atomic E-state index is 0.0599. The molecule has 1 aliphatic rings. The van der Waals surface area contributed by atoms with Crippen LogP contribution in [-0.2, 0) is 17.8 Å². The van der Waals surface area contributed by atoms with Gasteiger partial charge in [-0.15, -0.1) is 0 Å². The van der Waals surface area contributed by atoms with Crippen molar-refractivity contribution >= 4 is 16.8 Å². The molecule has 0 spiro atoms. The summed E-state index contributed by atoms with van der Waals surface area (Å²) in [6.07, 6.45) is 5.20. The topological polar surface area (TPSA) is 124 Å². The number of nitrogens with one attached hydrogen (secondary N) is 1. The number of nitriles is 1. The van der Waals surface area contributed by atoms with Gasteiger partial charge in [0.2, 0.25) is 0 Å². The molecule has 0 aliphatic carbocycles. The first-order valence-corrected chi connectivity index (χ1v) is 10.9. The van der Waals surface area contributed by atoms with E-state index in [0.29, 0.717) is 29.1 Å². The van der Waals surface area contributed by atoms with E-state index in [1.807, 2.05) is 12.1 Å². The zero-order valence-corrected chi connectivity index (χ0v) is 18.5. The van der Waals surface area contributed by atoms with Gasteiger partial charge in [-0.2, -0.15) is 5.26 Å². The highest BCUT2D eigenvalue weighted by Crippen LogP contribution is 2.26. The molecule has 1 aliphatic heterocycles. The fourth-order valence-corrected chi connectivity index (χ4v) is 3.96. The number of ether oxygens (including phenoxy) is 1. The molecule has 4 heterocycles. The molecular formula is C24H26N6O3. The molecule has 170 valence electrons. The number of hydrogen-bond acceptors (Lipinski definition) is 8. The van der Waals surface area contributed by atoms with Crippen molar-refractivity contribution < 1.29 is 14.6 Å². The smallest absolute Gasteiger partial charge is 0.274 e. The van der Waals surface area contributed by atoms with Crippen molar-refractivity contribution in [3.05, 3.63) is 59.3 Å². The van der Waals surface area contributed by atoms with Crippen LogP contribution in [-0.4, -0.2) is 57.7 Å². The Hall–Kier alpha value is -3.61. The highest BCUT2D eigenvalue weighted by molar-refractivity contribution is 6.00. The van der Waals surface area contributed by atoms with Crippen LogP contribution in [0, 0.1) is 17.2 Å². The third kappa shape index (κ3) is 5.61. The van der Waals surface area contributed by atoms with Crippen LogP contribution < -0.4 is 5.32 Å². The first-order valence-electron chi connectivity index (χ1n) is 10.9. The van der Waals surface area contributed by atoms with E-state index in [1.165, 1.54) is 12.4 Å². The van der Waals surface area contributed by atoms with Gasteiger partial charge in [0.05, 0.1) is 17.4 Å². The van der Waals surface area contributed by atoms with E-state index in [4.69, 9.17) is 10.00 Å². The summed E-state index contributed by atoms with van der Waals surface area (Å²) in [4.78, 5) is 27.6. The van der Waals surface area contributed by atoms with Gasteiger partial charge in [-0.05, 0) is 49.6 Å². The van der Waals surface area contributed by atoms with Gasteiger partial charge in [-0.1, -0.05) is 6.07 Å². The molecule has 3 aromatic heterocycles. The van der Waals surface area contributed by atoms with Crippen molar-refractivity contribution in [1.82, 2.24) is 25.2 Å². The quantitative estimate of drug-likeness (QED) is 0.567. The maximum absolute atomic E-state index is 12.6. The average molecular weight is 447 g/mol. The molecule has 33 heavy (non-hydrogen) atoms. The zero-order chi connectivity index (χ0) is 23.2. The van der Waals surface area contributed by atoms with E-state index in [9.17, 15) is 9.90 Å². The van der Waals surface area contributed by atoms with Gasteiger partial charge in [0, 0.05) is 44.4 Å². The summed E-state index contributed by atoms with van der Waals surface area (Å²) in [6, 6.07) is 8.88. The van der Waals surface area contributed by atoms with Crippen LogP contribution in [0.25, 0.3) is 10.9 Å². The monoisotopic (exact) mass is 446 g/mol. The summed E-state index contributed by atoms with van der Waals surface area (Å²) in [5.74, 6) is -0.0624. The number of hydrogen-bond donors (Lipinski definition) is 2. The zero-order valence-electron chi connectivity index (χ0n) is 18.5. The second-order valence-electron chi connectivity index (χ2n) is 8.29. The SMILES string of the molecule is CN(Cc1ccc2c(O)c(C(=O)NCc3ccc(C#N)nc3)ncc2n1)CC1CCOCC1. The average Bonchev–Trinajstić information content (AvgIpc) is 2.83. The normalized spacial score (nSPS) is 14.3. The van der Waals surface area contributed by atoms with Crippen LogP contribution in [0.5, 0.6) is 5.75 Å². The Morgan fingerprint density at radius 3 is 2.79 bits per heavy atom. The molecule has 0 bridgehead atoms. The Balaban J connectivity index is 1.41. The summed E-state index contributed by atoms with van der Waals surface area (Å²) in [5.41, 5.74) is 2.40. The summed E-state index contributed by atoms with van der Waals surface area (Å²) >= 11 is 0. The molecule has 0 unspecified atom stereocenters. The minimum atomic E-state index is -0.501. The number of nitrogens with zero attached hydrogens (tertiary/aromatic N) is 5. The van der Waals surface area contributed by atoms with Crippen LogP contribution in [0.15, 0.2) is 36.7 Å². The third-order valence-corrected chi connectivity index (χ3v) is 5.73. The lowest BCUT2D eigenvalue weighted by molar-refractivity contribution is 0.0548. The Kier molecular flexibility index (Phi) is 7.07. The highest BCUT2D eigenvalue weighted by atomic mass is 16.5. The molecule has 0 saturated carbocycles. The van der Waals surface area contributed by atoms with E-state index < -0.39 is 5.91 Å². The van der Waals surface area contributed by atoms with Gasteiger partial charge in [0.15, 0.2) is 11.4 Å².